The van der Waals surface area contributed by atoms with E-state index >= 15 is 0 Å². The molecule has 1 aliphatic rings. The Labute approximate surface area is 166 Å². The van der Waals surface area contributed by atoms with Crippen LogP contribution in [0.1, 0.15) is 43.9 Å². The molecular weight excluding hydrogens is 381 g/mol. The molecule has 1 N–H and O–H groups in total. The summed E-state index contributed by atoms with van der Waals surface area (Å²) in [6, 6.07) is 10.4. The van der Waals surface area contributed by atoms with Crippen LogP contribution in [-0.4, -0.2) is 27.5 Å². The summed E-state index contributed by atoms with van der Waals surface area (Å²) in [5.41, 5.74) is 0.543. The average molecular weight is 402 g/mol. The molecule has 1 aliphatic heterocycles. The number of ether oxygens (including phenoxy) is 1. The molecule has 0 amide bonds. The van der Waals surface area contributed by atoms with E-state index in [9.17, 15) is 18.3 Å². The summed E-state index contributed by atoms with van der Waals surface area (Å²) in [6.07, 6.45) is -2.64. The lowest BCUT2D eigenvalue weighted by atomic mass is 9.87. The molecule has 4 nitrogen and oxygen atoms in total. The molecule has 1 saturated heterocycles. The first-order chi connectivity index (χ1) is 13.7. The number of aromatic hydroxyl groups is 1. The number of rotatable bonds is 2. The summed E-state index contributed by atoms with van der Waals surface area (Å²) in [4.78, 5) is 0. The molecule has 0 aliphatic carbocycles. The maximum Gasteiger partial charge on any atom is 0.416 e. The largest absolute Gasteiger partial charge is 0.507 e. The maximum absolute atomic E-state index is 12.9. The highest BCUT2D eigenvalue weighted by Gasteiger charge is 2.32. The third-order valence-electron chi connectivity index (χ3n) is 5.38. The minimum absolute atomic E-state index is 0.114. The van der Waals surface area contributed by atoms with Crippen molar-refractivity contribution in [3.05, 3.63) is 53.7 Å². The number of alkyl halides is 3. The molecule has 4 rings (SSSR count). The van der Waals surface area contributed by atoms with Gasteiger partial charge in [-0.2, -0.15) is 18.3 Å². The molecule has 7 heteroatoms. The van der Waals surface area contributed by atoms with Gasteiger partial charge in [-0.05, 0) is 44.9 Å². The van der Waals surface area contributed by atoms with Gasteiger partial charge in [0.1, 0.15) is 11.4 Å². The van der Waals surface area contributed by atoms with Crippen molar-refractivity contribution in [2.75, 3.05) is 0 Å². The monoisotopic (exact) mass is 402 g/mol. The molecule has 1 unspecified atom stereocenters. The number of phenols is 1. The fraction of sp³-hybridized carbons (Fsp3) is 0.364. The number of hydrogen-bond donors (Lipinski definition) is 1. The van der Waals surface area contributed by atoms with Gasteiger partial charge in [-0.3, -0.25) is 0 Å². The van der Waals surface area contributed by atoms with E-state index in [0.29, 0.717) is 5.69 Å². The van der Waals surface area contributed by atoms with Crippen molar-refractivity contribution in [1.82, 2.24) is 10.2 Å². The maximum atomic E-state index is 12.9. The van der Waals surface area contributed by atoms with Gasteiger partial charge in [-0.25, -0.2) is 0 Å². The SMILES string of the molecule is C[C@@H]1CC(c2nnc(-c3ccc(C(F)(F)F)cc3O)c3ccccc23)C[C@H](C)O1. The molecule has 0 bridgehead atoms. The lowest BCUT2D eigenvalue weighted by Crippen LogP contribution is -2.28. The van der Waals surface area contributed by atoms with Crippen LogP contribution in [0, 0.1) is 0 Å². The van der Waals surface area contributed by atoms with Gasteiger partial charge in [0.05, 0.1) is 23.5 Å². The molecule has 1 aromatic heterocycles. The summed E-state index contributed by atoms with van der Waals surface area (Å²) >= 11 is 0. The van der Waals surface area contributed by atoms with Crippen molar-refractivity contribution in [3.8, 4) is 17.0 Å². The van der Waals surface area contributed by atoms with Crippen LogP contribution in [0.3, 0.4) is 0 Å². The van der Waals surface area contributed by atoms with E-state index in [2.05, 4.69) is 10.2 Å². The van der Waals surface area contributed by atoms with E-state index in [0.717, 1.165) is 41.4 Å². The third-order valence-corrected chi connectivity index (χ3v) is 5.38. The fourth-order valence-electron chi connectivity index (χ4n) is 4.16. The minimum Gasteiger partial charge on any atom is -0.507 e. The predicted molar refractivity (Wildman–Crippen MR) is 104 cm³/mol. The van der Waals surface area contributed by atoms with Crippen molar-refractivity contribution in [1.29, 1.82) is 0 Å². The van der Waals surface area contributed by atoms with Crippen molar-refractivity contribution < 1.29 is 23.0 Å². The van der Waals surface area contributed by atoms with Crippen molar-refractivity contribution in [2.24, 2.45) is 0 Å². The van der Waals surface area contributed by atoms with Gasteiger partial charge in [0.15, 0.2) is 0 Å². The second-order valence-electron chi connectivity index (χ2n) is 7.63. The van der Waals surface area contributed by atoms with Gasteiger partial charge < -0.3 is 9.84 Å². The van der Waals surface area contributed by atoms with Crippen LogP contribution in [0.25, 0.3) is 22.0 Å². The Hall–Kier alpha value is -2.67. The van der Waals surface area contributed by atoms with E-state index in [1.807, 2.05) is 38.1 Å². The highest BCUT2D eigenvalue weighted by Crippen LogP contribution is 2.40. The average Bonchev–Trinajstić information content (AvgIpc) is 2.66. The quantitative estimate of drug-likeness (QED) is 0.598. The van der Waals surface area contributed by atoms with E-state index in [1.54, 1.807) is 0 Å². The Bertz CT molecular complexity index is 1040. The summed E-state index contributed by atoms with van der Waals surface area (Å²) in [6.45, 7) is 4.07. The summed E-state index contributed by atoms with van der Waals surface area (Å²) in [5.74, 6) is -0.290. The first kappa shape index (κ1) is 19.6. The number of phenolic OH excluding ortho intramolecular Hbond substituents is 1. The van der Waals surface area contributed by atoms with E-state index < -0.39 is 17.5 Å². The number of nitrogens with zero attached hydrogens (tertiary/aromatic N) is 2. The molecule has 3 atom stereocenters. The smallest absolute Gasteiger partial charge is 0.416 e. The first-order valence-electron chi connectivity index (χ1n) is 9.55. The Morgan fingerprint density at radius 2 is 1.62 bits per heavy atom. The van der Waals surface area contributed by atoms with Crippen LogP contribution in [0.15, 0.2) is 42.5 Å². The molecule has 1 fully saturated rings. The molecule has 29 heavy (non-hydrogen) atoms. The second-order valence-corrected chi connectivity index (χ2v) is 7.63. The van der Waals surface area contributed by atoms with Gasteiger partial charge in [-0.15, -0.1) is 5.10 Å². The van der Waals surface area contributed by atoms with Crippen LogP contribution < -0.4 is 0 Å². The van der Waals surface area contributed by atoms with Crippen LogP contribution in [-0.2, 0) is 10.9 Å². The van der Waals surface area contributed by atoms with Gasteiger partial charge in [0.2, 0.25) is 0 Å². The van der Waals surface area contributed by atoms with Crippen molar-refractivity contribution in [3.63, 3.8) is 0 Å². The lowest BCUT2D eigenvalue weighted by Gasteiger charge is -2.32. The molecule has 3 aromatic rings. The molecule has 2 aromatic carbocycles. The van der Waals surface area contributed by atoms with Crippen molar-refractivity contribution in [2.45, 2.75) is 51.0 Å². The second kappa shape index (κ2) is 7.30. The molecular formula is C22H21F3N2O2. The topological polar surface area (TPSA) is 55.2 Å². The zero-order valence-electron chi connectivity index (χ0n) is 16.1. The lowest BCUT2D eigenvalue weighted by molar-refractivity contribution is -0.137. The number of halogens is 3. The summed E-state index contributed by atoms with van der Waals surface area (Å²) in [5, 5.41) is 20.7. The molecule has 2 heterocycles. The Morgan fingerprint density at radius 1 is 0.966 bits per heavy atom. The normalized spacial score (nSPS) is 22.7. The molecule has 0 radical (unpaired) electrons. The summed E-state index contributed by atoms with van der Waals surface area (Å²) < 4.78 is 44.6. The van der Waals surface area contributed by atoms with Gasteiger partial charge in [0, 0.05) is 22.3 Å². The summed E-state index contributed by atoms with van der Waals surface area (Å²) in [7, 11) is 0. The van der Waals surface area contributed by atoms with Crippen LogP contribution >= 0.6 is 0 Å². The van der Waals surface area contributed by atoms with Crippen LogP contribution in [0.5, 0.6) is 5.75 Å². The van der Waals surface area contributed by atoms with Gasteiger partial charge in [-0.1, -0.05) is 24.3 Å². The minimum atomic E-state index is -4.52. The van der Waals surface area contributed by atoms with Crippen molar-refractivity contribution >= 4 is 10.8 Å². The first-order valence-corrected chi connectivity index (χ1v) is 9.55. The van der Waals surface area contributed by atoms with Gasteiger partial charge in [0.25, 0.3) is 0 Å². The zero-order valence-corrected chi connectivity index (χ0v) is 16.1. The third kappa shape index (κ3) is 3.79. The molecule has 152 valence electrons. The molecule has 0 saturated carbocycles. The standard InChI is InChI=1S/C22H21F3N2O2/c1-12-9-14(10-13(2)29-12)20-16-5-3-4-6-17(16)21(27-26-20)18-8-7-15(11-19(18)28)22(23,24)25/h3-8,11-14,28H,9-10H2,1-2H3/t12-,13+,14?. The Morgan fingerprint density at radius 3 is 2.24 bits per heavy atom. The number of fused-ring (bicyclic) bond motifs is 1. The Kier molecular flexibility index (Phi) is 4.94. The highest BCUT2D eigenvalue weighted by molar-refractivity contribution is 5.96. The highest BCUT2D eigenvalue weighted by atomic mass is 19.4. The van der Waals surface area contributed by atoms with E-state index in [-0.39, 0.29) is 23.7 Å². The number of aromatic nitrogens is 2. The number of hydrogen-bond acceptors (Lipinski definition) is 4. The number of benzene rings is 2. The molecule has 0 spiro atoms. The zero-order chi connectivity index (χ0) is 20.8. The predicted octanol–water partition coefficient (Wildman–Crippen LogP) is 5.69. The Balaban J connectivity index is 1.82. The van der Waals surface area contributed by atoms with E-state index in [4.69, 9.17) is 4.74 Å². The van der Waals surface area contributed by atoms with Gasteiger partial charge >= 0.3 is 6.18 Å². The van der Waals surface area contributed by atoms with E-state index in [1.165, 1.54) is 6.07 Å². The fourth-order valence-corrected chi connectivity index (χ4v) is 4.16. The van der Waals surface area contributed by atoms with Crippen LogP contribution in [0.2, 0.25) is 0 Å². The van der Waals surface area contributed by atoms with Crippen LogP contribution in [0.4, 0.5) is 13.2 Å².